The van der Waals surface area contributed by atoms with Gasteiger partial charge in [0.1, 0.15) is 36.3 Å². The minimum Gasteiger partial charge on any atom is -0.481 e. The van der Waals surface area contributed by atoms with Crippen LogP contribution in [0.5, 0.6) is 0 Å². The maximum absolute atomic E-state index is 13.5. The number of hydrogen-bond acceptors (Lipinski definition) is 14. The highest BCUT2D eigenvalue weighted by Crippen LogP contribution is 2.24. The molecule has 26 heteroatoms. The molecule has 0 aromatic heterocycles. The van der Waals surface area contributed by atoms with Crippen molar-refractivity contribution in [3.63, 3.8) is 0 Å². The van der Waals surface area contributed by atoms with Crippen LogP contribution in [0, 0.1) is 0 Å². The fourth-order valence-electron chi connectivity index (χ4n) is 5.31. The molecule has 2 rings (SSSR count). The number of fused-ring (bicyclic) bond motifs is 1. The quantitative estimate of drug-likeness (QED) is 0.0444. The number of rotatable bonds is 9. The van der Waals surface area contributed by atoms with Gasteiger partial charge in [0.25, 0.3) is 0 Å². The SMILES string of the molecule is CC(=O)N[C@H]1CSSC[C@@H](C(N)=O)NC(=O)[C@@H]2CCCN2C(=O)[C@H](CO)NC(=O)[C@H](CC(=O)O)NC(=O)CNC(=O)[C@H](CCCN=C(N)N)NC(=O)CNC1=O. The number of aliphatic carboxylic acids is 1. The molecule has 0 spiro atoms. The van der Waals surface area contributed by atoms with Crippen molar-refractivity contribution in [1.82, 2.24) is 42.1 Å². The number of nitrogens with one attached hydrogen (secondary N) is 7. The zero-order valence-electron chi connectivity index (χ0n) is 30.4. The molecule has 2 heterocycles. The summed E-state index contributed by atoms with van der Waals surface area (Å²) in [5, 5.41) is 35.8. The van der Waals surface area contributed by atoms with Crippen molar-refractivity contribution in [2.75, 3.05) is 44.3 Å². The lowest BCUT2D eigenvalue weighted by atomic mass is 10.1. The lowest BCUT2D eigenvalue weighted by molar-refractivity contribution is -0.144. The lowest BCUT2D eigenvalue weighted by Crippen LogP contribution is -2.59. The highest BCUT2D eigenvalue weighted by molar-refractivity contribution is 8.76. The second-order valence-corrected chi connectivity index (χ2v) is 15.0. The van der Waals surface area contributed by atoms with Crippen LogP contribution in [0.2, 0.25) is 0 Å². The van der Waals surface area contributed by atoms with E-state index < -0.39 is 122 Å². The molecule has 9 amide bonds. The van der Waals surface area contributed by atoms with E-state index in [1.165, 1.54) is 0 Å². The molecule has 2 fully saturated rings. The van der Waals surface area contributed by atoms with Crippen molar-refractivity contribution in [1.29, 1.82) is 0 Å². The van der Waals surface area contributed by atoms with Gasteiger partial charge in [0.15, 0.2) is 5.96 Å². The number of primary amides is 1. The Balaban J connectivity index is 2.40. The number of amides is 9. The summed E-state index contributed by atoms with van der Waals surface area (Å²) in [7, 11) is 2.05. The van der Waals surface area contributed by atoms with Gasteiger partial charge in [-0.3, -0.25) is 52.9 Å². The number of carbonyl (C=O) groups is 10. The van der Waals surface area contributed by atoms with Crippen molar-refractivity contribution >= 4 is 86.7 Å². The topological polar surface area (TPSA) is 389 Å². The molecule has 0 radical (unpaired) electrons. The molecule has 15 N–H and O–H groups in total. The first-order chi connectivity index (χ1) is 26.4. The summed E-state index contributed by atoms with van der Waals surface area (Å²) in [6, 6.07) is -8.37. The van der Waals surface area contributed by atoms with Gasteiger partial charge in [-0.2, -0.15) is 0 Å². The maximum atomic E-state index is 13.5. The van der Waals surface area contributed by atoms with E-state index in [1.807, 2.05) is 0 Å². The largest absolute Gasteiger partial charge is 0.481 e. The van der Waals surface area contributed by atoms with Crippen molar-refractivity contribution in [2.45, 2.75) is 75.3 Å². The van der Waals surface area contributed by atoms with Gasteiger partial charge in [0.05, 0.1) is 26.1 Å². The number of carbonyl (C=O) groups excluding carboxylic acids is 9. The summed E-state index contributed by atoms with van der Waals surface area (Å²) in [5.74, 6) is -9.85. The summed E-state index contributed by atoms with van der Waals surface area (Å²) in [5.41, 5.74) is 16.2. The number of aliphatic hydroxyl groups is 1. The molecule has 2 saturated heterocycles. The molecule has 56 heavy (non-hydrogen) atoms. The molecule has 312 valence electrons. The van der Waals surface area contributed by atoms with Crippen LogP contribution in [-0.2, 0) is 47.9 Å². The van der Waals surface area contributed by atoms with E-state index in [-0.39, 0.29) is 49.8 Å². The third-order valence-corrected chi connectivity index (χ3v) is 10.4. The molecule has 2 aliphatic heterocycles. The number of hydrogen-bond donors (Lipinski definition) is 12. The van der Waals surface area contributed by atoms with Crippen molar-refractivity contribution in [3.8, 4) is 0 Å². The van der Waals surface area contributed by atoms with Crippen LogP contribution in [0.4, 0.5) is 0 Å². The number of aliphatic imine (C=N–C) groups is 1. The van der Waals surface area contributed by atoms with Crippen molar-refractivity contribution < 1.29 is 58.2 Å². The zero-order chi connectivity index (χ0) is 41.9. The second kappa shape index (κ2) is 23.5. The van der Waals surface area contributed by atoms with Crippen molar-refractivity contribution in [2.24, 2.45) is 22.2 Å². The number of carboxylic acids is 1. The highest BCUT2D eigenvalue weighted by Gasteiger charge is 2.39. The molecule has 6 atom stereocenters. The second-order valence-electron chi connectivity index (χ2n) is 12.4. The van der Waals surface area contributed by atoms with Crippen LogP contribution in [0.25, 0.3) is 0 Å². The Kier molecular flexibility index (Phi) is 19.7. The number of nitrogens with zero attached hydrogens (tertiary/aromatic N) is 2. The van der Waals surface area contributed by atoms with Crippen molar-refractivity contribution in [3.05, 3.63) is 0 Å². The smallest absolute Gasteiger partial charge is 0.305 e. The first-order valence-electron chi connectivity index (χ1n) is 17.2. The Bertz CT molecular complexity index is 1530. The Morgan fingerprint density at radius 1 is 0.839 bits per heavy atom. The maximum Gasteiger partial charge on any atom is 0.305 e. The molecule has 0 aliphatic carbocycles. The van der Waals surface area contributed by atoms with Gasteiger partial charge in [0, 0.05) is 31.5 Å². The standard InChI is InChI=1S/C30H48N12O12S2/c1-14(44)37-19-13-56-55-12-18(24(31)49)41-28(53)20-5-3-7-42(20)29(54)17(11-43)40-27(52)16(8-23(47)48)39-22(46)10-35-25(50)15(4-2-6-34-30(32)33)38-21(45)9-36-26(19)51/h15-20,43H,2-13H2,1H3,(H2,31,49)(H,35,50)(H,36,51)(H,37,44)(H,38,45)(H,39,46)(H,40,52)(H,41,53)(H,47,48)(H4,32,33,34)/t15-,16-,17-,18-,19-,20-/m0/s1. The molecule has 0 aromatic rings. The van der Waals surface area contributed by atoms with E-state index in [0.717, 1.165) is 33.4 Å². The number of carboxylic acid groups (broad SMARTS) is 1. The van der Waals surface area contributed by atoms with E-state index in [1.54, 1.807) is 0 Å². The molecule has 0 saturated carbocycles. The van der Waals surface area contributed by atoms with Crippen LogP contribution in [0.15, 0.2) is 4.99 Å². The molecule has 0 aromatic carbocycles. The lowest BCUT2D eigenvalue weighted by Gasteiger charge is -2.29. The summed E-state index contributed by atoms with van der Waals surface area (Å²) < 4.78 is 0. The number of guanidine groups is 1. The third-order valence-electron chi connectivity index (χ3n) is 8.02. The van der Waals surface area contributed by atoms with Gasteiger partial charge >= 0.3 is 5.97 Å². The Morgan fingerprint density at radius 3 is 2.05 bits per heavy atom. The average molecular weight is 833 g/mol. The Morgan fingerprint density at radius 2 is 1.46 bits per heavy atom. The van der Waals surface area contributed by atoms with Crippen LogP contribution in [0.3, 0.4) is 0 Å². The fourth-order valence-corrected chi connectivity index (χ4v) is 7.65. The summed E-state index contributed by atoms with van der Waals surface area (Å²) >= 11 is 0. The predicted octanol–water partition coefficient (Wildman–Crippen LogP) is -6.95. The van der Waals surface area contributed by atoms with Gasteiger partial charge < -0.3 is 69.5 Å². The third kappa shape index (κ3) is 16.2. The van der Waals surface area contributed by atoms with E-state index in [9.17, 15) is 58.2 Å². The molecule has 2 aliphatic rings. The number of aliphatic hydroxyl groups excluding tert-OH is 1. The highest BCUT2D eigenvalue weighted by atomic mass is 33.1. The minimum atomic E-state index is -1.80. The Hall–Kier alpha value is -5.37. The van der Waals surface area contributed by atoms with Gasteiger partial charge in [-0.05, 0) is 25.7 Å². The molecular weight excluding hydrogens is 785 g/mol. The van der Waals surface area contributed by atoms with E-state index >= 15 is 0 Å². The normalized spacial score (nSPS) is 25.5. The van der Waals surface area contributed by atoms with Gasteiger partial charge in [-0.1, -0.05) is 21.6 Å². The van der Waals surface area contributed by atoms with Crippen LogP contribution < -0.4 is 54.4 Å². The summed E-state index contributed by atoms with van der Waals surface area (Å²) in [6.07, 6.45) is -0.398. The van der Waals surface area contributed by atoms with E-state index in [0.29, 0.717) is 6.42 Å². The van der Waals surface area contributed by atoms with Crippen LogP contribution in [0.1, 0.15) is 39.0 Å². The molecule has 24 nitrogen and oxygen atoms in total. The van der Waals surface area contributed by atoms with Crippen LogP contribution in [-0.4, -0.2) is 161 Å². The van der Waals surface area contributed by atoms with Gasteiger partial charge in [-0.25, -0.2) is 0 Å². The van der Waals surface area contributed by atoms with E-state index in [4.69, 9.17) is 17.2 Å². The number of nitrogens with two attached hydrogens (primary N) is 3. The molecule has 0 bridgehead atoms. The predicted molar refractivity (Wildman–Crippen MR) is 199 cm³/mol. The average Bonchev–Trinajstić information content (AvgIpc) is 3.62. The molecule has 0 unspecified atom stereocenters. The first-order valence-corrected chi connectivity index (χ1v) is 19.7. The van der Waals surface area contributed by atoms with Crippen LogP contribution >= 0.6 is 21.6 Å². The minimum absolute atomic E-state index is 0.0203. The zero-order valence-corrected chi connectivity index (χ0v) is 32.0. The monoisotopic (exact) mass is 832 g/mol. The fraction of sp³-hybridized carbons (Fsp3) is 0.633. The Labute approximate surface area is 328 Å². The van der Waals surface area contributed by atoms with Gasteiger partial charge in [-0.15, -0.1) is 0 Å². The summed E-state index contributed by atoms with van der Waals surface area (Å²) in [4.78, 5) is 132. The van der Waals surface area contributed by atoms with Gasteiger partial charge in [0.2, 0.25) is 53.2 Å². The first kappa shape index (κ1) is 46.8. The molecular formula is C30H48N12O12S2. The van der Waals surface area contributed by atoms with E-state index in [2.05, 4.69) is 42.2 Å². The summed E-state index contributed by atoms with van der Waals surface area (Å²) in [6.45, 7) is -1.20.